The van der Waals surface area contributed by atoms with Crippen molar-refractivity contribution in [3.05, 3.63) is 41.6 Å². The van der Waals surface area contributed by atoms with Gasteiger partial charge < -0.3 is 5.11 Å². The van der Waals surface area contributed by atoms with Gasteiger partial charge in [-0.05, 0) is 36.2 Å². The maximum Gasteiger partial charge on any atom is 0.414 e. The Morgan fingerprint density at radius 2 is 2.00 bits per heavy atom. The van der Waals surface area contributed by atoms with Crippen molar-refractivity contribution in [2.24, 2.45) is 0 Å². The molecular weight excluding hydrogens is 243 g/mol. The number of aryl methyl sites for hydroxylation is 1. The van der Waals surface area contributed by atoms with Gasteiger partial charge in [0, 0.05) is 18.0 Å². The molecule has 0 aliphatic rings. The predicted octanol–water partition coefficient (Wildman–Crippen LogP) is 3.01. The summed E-state index contributed by atoms with van der Waals surface area (Å²) in [5, 5.41) is 9.80. The molecule has 5 heteroatoms. The molecular formula is C13H12F3NO. The molecule has 1 unspecified atom stereocenters. The van der Waals surface area contributed by atoms with Crippen molar-refractivity contribution < 1.29 is 18.3 Å². The number of halogens is 3. The lowest BCUT2D eigenvalue weighted by Gasteiger charge is -2.14. The fourth-order valence-corrected chi connectivity index (χ4v) is 1.76. The summed E-state index contributed by atoms with van der Waals surface area (Å²) >= 11 is 0. The molecule has 1 atom stereocenters. The normalized spacial score (nSPS) is 13.8. The average molecular weight is 255 g/mol. The summed E-state index contributed by atoms with van der Waals surface area (Å²) in [5.74, 6) is 0. The Kier molecular flexibility index (Phi) is 3.26. The third kappa shape index (κ3) is 2.79. The van der Waals surface area contributed by atoms with Crippen molar-refractivity contribution in [2.75, 3.05) is 0 Å². The second-order valence-electron chi connectivity index (χ2n) is 4.30. The molecule has 1 heterocycles. The summed E-state index contributed by atoms with van der Waals surface area (Å²) in [6, 6.07) is 6.70. The molecule has 0 fully saturated rings. The number of nitrogens with zero attached hydrogens (tertiary/aromatic N) is 1. The van der Waals surface area contributed by atoms with Gasteiger partial charge in [0.25, 0.3) is 0 Å². The van der Waals surface area contributed by atoms with Gasteiger partial charge in [0.2, 0.25) is 0 Å². The lowest BCUT2D eigenvalue weighted by molar-refractivity contribution is -0.203. The van der Waals surface area contributed by atoms with E-state index in [1.807, 2.05) is 13.0 Å². The lowest BCUT2D eigenvalue weighted by Crippen LogP contribution is -2.30. The molecule has 0 spiro atoms. The Labute approximate surface area is 102 Å². The average Bonchev–Trinajstić information content (AvgIpc) is 2.27. The summed E-state index contributed by atoms with van der Waals surface area (Å²) in [5.41, 5.74) is 2.11. The minimum atomic E-state index is -4.58. The maximum absolute atomic E-state index is 12.3. The molecule has 1 N–H and O–H groups in total. The molecule has 2 rings (SSSR count). The molecule has 0 saturated carbocycles. The molecule has 2 nitrogen and oxygen atoms in total. The Morgan fingerprint density at radius 3 is 2.67 bits per heavy atom. The number of alkyl halides is 3. The highest BCUT2D eigenvalue weighted by Crippen LogP contribution is 2.24. The van der Waals surface area contributed by atoms with Gasteiger partial charge in [-0.2, -0.15) is 13.2 Å². The molecule has 0 bridgehead atoms. The standard InChI is InChI=1S/C13H12F3NO/c1-8-4-10-5-9(2-3-11(10)17-7-8)6-12(18)13(14,15)16/h2-5,7,12,18H,6H2,1H3. The monoisotopic (exact) mass is 255 g/mol. The maximum atomic E-state index is 12.3. The SMILES string of the molecule is Cc1cnc2ccc(CC(O)C(F)(F)F)cc2c1. The molecule has 1 aromatic carbocycles. The first-order valence-corrected chi connectivity index (χ1v) is 5.46. The van der Waals surface area contributed by atoms with Gasteiger partial charge in [-0.1, -0.05) is 6.07 Å². The van der Waals surface area contributed by atoms with Crippen LogP contribution in [0, 0.1) is 6.92 Å². The van der Waals surface area contributed by atoms with Crippen LogP contribution in [0.1, 0.15) is 11.1 Å². The van der Waals surface area contributed by atoms with E-state index in [1.165, 1.54) is 0 Å². The van der Waals surface area contributed by atoms with Gasteiger partial charge in [0.15, 0.2) is 6.10 Å². The number of hydrogen-bond donors (Lipinski definition) is 1. The summed E-state index contributed by atoms with van der Waals surface area (Å²) in [7, 11) is 0. The van der Waals surface area contributed by atoms with Gasteiger partial charge in [-0.3, -0.25) is 4.98 Å². The zero-order valence-corrected chi connectivity index (χ0v) is 9.70. The zero-order chi connectivity index (χ0) is 13.3. The number of hydrogen-bond acceptors (Lipinski definition) is 2. The van der Waals surface area contributed by atoms with Crippen molar-refractivity contribution >= 4 is 10.9 Å². The molecule has 2 aromatic rings. The van der Waals surface area contributed by atoms with Gasteiger partial charge in [-0.15, -0.1) is 0 Å². The zero-order valence-electron chi connectivity index (χ0n) is 9.70. The quantitative estimate of drug-likeness (QED) is 0.894. The summed E-state index contributed by atoms with van der Waals surface area (Å²) < 4.78 is 36.8. The number of pyridine rings is 1. The molecule has 1 aromatic heterocycles. The number of rotatable bonds is 2. The third-order valence-electron chi connectivity index (χ3n) is 2.69. The first-order valence-electron chi connectivity index (χ1n) is 5.46. The van der Waals surface area contributed by atoms with Crippen molar-refractivity contribution in [3.63, 3.8) is 0 Å². The van der Waals surface area contributed by atoms with Crippen LogP contribution in [0.4, 0.5) is 13.2 Å². The highest BCUT2D eigenvalue weighted by Gasteiger charge is 2.37. The Bertz CT molecular complexity index is 566. The van der Waals surface area contributed by atoms with E-state index in [0.717, 1.165) is 16.5 Å². The van der Waals surface area contributed by atoms with Crippen molar-refractivity contribution in [2.45, 2.75) is 25.6 Å². The molecule has 0 amide bonds. The Morgan fingerprint density at radius 1 is 1.28 bits per heavy atom. The molecule has 0 radical (unpaired) electrons. The van der Waals surface area contributed by atoms with Gasteiger partial charge in [0.1, 0.15) is 0 Å². The van der Waals surface area contributed by atoms with E-state index >= 15 is 0 Å². The van der Waals surface area contributed by atoms with E-state index in [9.17, 15) is 13.2 Å². The molecule has 0 saturated heterocycles. The van der Waals surface area contributed by atoms with E-state index in [1.54, 1.807) is 24.4 Å². The Hall–Kier alpha value is -1.62. The largest absolute Gasteiger partial charge is 0.414 e. The first-order chi connectivity index (χ1) is 8.36. The van der Waals surface area contributed by atoms with Crippen LogP contribution in [0.5, 0.6) is 0 Å². The van der Waals surface area contributed by atoms with Crippen molar-refractivity contribution in [1.29, 1.82) is 0 Å². The van der Waals surface area contributed by atoms with Crippen molar-refractivity contribution in [1.82, 2.24) is 4.98 Å². The second-order valence-corrected chi connectivity index (χ2v) is 4.30. The Balaban J connectivity index is 2.30. The molecule has 96 valence electrons. The second kappa shape index (κ2) is 4.57. The van der Waals surface area contributed by atoms with Crippen LogP contribution < -0.4 is 0 Å². The van der Waals surface area contributed by atoms with Gasteiger partial charge in [-0.25, -0.2) is 0 Å². The van der Waals surface area contributed by atoms with Gasteiger partial charge >= 0.3 is 6.18 Å². The summed E-state index contributed by atoms with van der Waals surface area (Å²) in [6.45, 7) is 1.86. The van der Waals surface area contributed by atoms with Crippen molar-refractivity contribution in [3.8, 4) is 0 Å². The first kappa shape index (κ1) is 12.8. The number of aromatic nitrogens is 1. The topological polar surface area (TPSA) is 33.1 Å². The van der Waals surface area contributed by atoms with Crippen LogP contribution in [0.2, 0.25) is 0 Å². The van der Waals surface area contributed by atoms with Crippen LogP contribution >= 0.6 is 0 Å². The van der Waals surface area contributed by atoms with Crippen LogP contribution in [0.25, 0.3) is 10.9 Å². The van der Waals surface area contributed by atoms with Crippen LogP contribution in [-0.2, 0) is 6.42 Å². The number of benzene rings is 1. The fourth-order valence-electron chi connectivity index (χ4n) is 1.76. The smallest absolute Gasteiger partial charge is 0.383 e. The highest BCUT2D eigenvalue weighted by molar-refractivity contribution is 5.79. The molecule has 18 heavy (non-hydrogen) atoms. The van der Waals surface area contributed by atoms with E-state index < -0.39 is 18.7 Å². The molecule has 0 aliphatic carbocycles. The molecule has 0 aliphatic heterocycles. The predicted molar refractivity (Wildman–Crippen MR) is 62.2 cm³/mol. The lowest BCUT2D eigenvalue weighted by atomic mass is 10.0. The minimum Gasteiger partial charge on any atom is -0.383 e. The van der Waals surface area contributed by atoms with Gasteiger partial charge in [0.05, 0.1) is 5.52 Å². The van der Waals surface area contributed by atoms with Crippen LogP contribution in [0.3, 0.4) is 0 Å². The highest BCUT2D eigenvalue weighted by atomic mass is 19.4. The van der Waals surface area contributed by atoms with E-state index in [0.29, 0.717) is 5.56 Å². The fraction of sp³-hybridized carbons (Fsp3) is 0.308. The van der Waals surface area contributed by atoms with E-state index in [-0.39, 0.29) is 0 Å². The summed E-state index contributed by atoms with van der Waals surface area (Å²) in [6.07, 6.45) is -5.65. The van der Waals surface area contributed by atoms with E-state index in [2.05, 4.69) is 4.98 Å². The third-order valence-corrected chi connectivity index (χ3v) is 2.69. The van der Waals surface area contributed by atoms with E-state index in [4.69, 9.17) is 5.11 Å². The number of fused-ring (bicyclic) bond motifs is 1. The van der Waals surface area contributed by atoms with Crippen LogP contribution in [0.15, 0.2) is 30.5 Å². The number of aliphatic hydroxyl groups excluding tert-OH is 1. The van der Waals surface area contributed by atoms with Crippen LogP contribution in [-0.4, -0.2) is 22.4 Å². The minimum absolute atomic E-state index is 0.437. The summed E-state index contributed by atoms with van der Waals surface area (Å²) in [4.78, 5) is 4.17. The number of aliphatic hydroxyl groups is 1.